The molecule has 2 atom stereocenters. The molecule has 0 spiro atoms. The first-order valence-electron chi connectivity index (χ1n) is 6.17. The number of carbonyl (C=O) groups is 1. The number of nitrogens with two attached hydrogens (primary N) is 1. The fourth-order valence-corrected chi connectivity index (χ4v) is 2.18. The normalized spacial score (nSPS) is 21.1. The number of aryl methyl sites for hydroxylation is 1. The summed E-state index contributed by atoms with van der Waals surface area (Å²) in [4.78, 5) is 11.9. The van der Waals surface area contributed by atoms with Gasteiger partial charge in [0.25, 0.3) is 0 Å². The van der Waals surface area contributed by atoms with Crippen molar-refractivity contribution in [3.05, 3.63) is 17.5 Å². The molecule has 94 valence electrons. The molecule has 1 unspecified atom stereocenters. The van der Waals surface area contributed by atoms with Gasteiger partial charge in [0.1, 0.15) is 0 Å². The van der Waals surface area contributed by atoms with Crippen molar-refractivity contribution in [3.8, 4) is 0 Å². The monoisotopic (exact) mass is 236 g/mol. The van der Waals surface area contributed by atoms with Crippen LogP contribution in [0.25, 0.3) is 0 Å². The lowest BCUT2D eigenvalue weighted by molar-refractivity contribution is -0.124. The van der Waals surface area contributed by atoms with E-state index in [1.807, 2.05) is 20.0 Å². The number of hydrogen-bond acceptors (Lipinski definition) is 3. The summed E-state index contributed by atoms with van der Waals surface area (Å²) in [7, 11) is 0. The average Bonchev–Trinajstić information content (AvgIpc) is 2.76. The van der Waals surface area contributed by atoms with Gasteiger partial charge in [0.15, 0.2) is 0 Å². The molecule has 0 saturated carbocycles. The lowest BCUT2D eigenvalue weighted by atomic mass is 9.93. The first-order valence-corrected chi connectivity index (χ1v) is 6.17. The smallest absolute Gasteiger partial charge is 0.237 e. The van der Waals surface area contributed by atoms with E-state index in [-0.39, 0.29) is 17.9 Å². The highest BCUT2D eigenvalue weighted by Crippen LogP contribution is 2.27. The number of nitrogens with one attached hydrogen (secondary N) is 2. The van der Waals surface area contributed by atoms with Gasteiger partial charge in [-0.25, -0.2) is 0 Å². The molecule has 2 rings (SSSR count). The third-order valence-corrected chi connectivity index (χ3v) is 3.38. The summed E-state index contributed by atoms with van der Waals surface area (Å²) in [5, 5.41) is 10.0. The van der Waals surface area contributed by atoms with Gasteiger partial charge in [-0.05, 0) is 30.7 Å². The van der Waals surface area contributed by atoms with Gasteiger partial charge in [0.05, 0.1) is 24.0 Å². The van der Waals surface area contributed by atoms with Crippen molar-refractivity contribution < 1.29 is 4.79 Å². The average molecular weight is 236 g/mol. The maximum absolute atomic E-state index is 11.9. The SMILES string of the molecule is CC(C)[C@H](N)C(=O)NC1CCCc2cn[nH]c21. The van der Waals surface area contributed by atoms with Crippen LogP contribution < -0.4 is 11.1 Å². The largest absolute Gasteiger partial charge is 0.346 e. The van der Waals surface area contributed by atoms with E-state index in [0.29, 0.717) is 0 Å². The van der Waals surface area contributed by atoms with Crippen LogP contribution >= 0.6 is 0 Å². The van der Waals surface area contributed by atoms with Crippen LogP contribution in [0.4, 0.5) is 0 Å². The fourth-order valence-electron chi connectivity index (χ4n) is 2.18. The second-order valence-corrected chi connectivity index (χ2v) is 5.03. The van der Waals surface area contributed by atoms with E-state index >= 15 is 0 Å². The molecule has 1 aliphatic carbocycles. The van der Waals surface area contributed by atoms with Crippen molar-refractivity contribution >= 4 is 5.91 Å². The van der Waals surface area contributed by atoms with E-state index in [1.54, 1.807) is 0 Å². The Balaban J connectivity index is 2.04. The molecule has 0 bridgehead atoms. The molecule has 1 aromatic heterocycles. The first kappa shape index (κ1) is 12.1. The molecule has 17 heavy (non-hydrogen) atoms. The molecule has 1 aliphatic rings. The predicted molar refractivity (Wildman–Crippen MR) is 65.2 cm³/mol. The molecule has 1 heterocycles. The van der Waals surface area contributed by atoms with Gasteiger partial charge in [0, 0.05) is 0 Å². The van der Waals surface area contributed by atoms with Crippen molar-refractivity contribution in [3.63, 3.8) is 0 Å². The van der Waals surface area contributed by atoms with E-state index in [1.165, 1.54) is 5.56 Å². The third kappa shape index (κ3) is 2.49. The highest BCUT2D eigenvalue weighted by molar-refractivity contribution is 5.82. The topological polar surface area (TPSA) is 83.8 Å². The van der Waals surface area contributed by atoms with Crippen LogP contribution in [0.5, 0.6) is 0 Å². The van der Waals surface area contributed by atoms with Gasteiger partial charge in [-0.1, -0.05) is 13.8 Å². The minimum atomic E-state index is -0.441. The number of hydrogen-bond donors (Lipinski definition) is 3. The summed E-state index contributed by atoms with van der Waals surface area (Å²) in [6.07, 6.45) is 4.91. The highest BCUT2D eigenvalue weighted by atomic mass is 16.2. The molecular weight excluding hydrogens is 216 g/mol. The Morgan fingerprint density at radius 1 is 1.65 bits per heavy atom. The van der Waals surface area contributed by atoms with Crippen LogP contribution in [-0.4, -0.2) is 22.1 Å². The van der Waals surface area contributed by atoms with Crippen molar-refractivity contribution in [1.29, 1.82) is 0 Å². The first-order chi connectivity index (χ1) is 8.09. The van der Waals surface area contributed by atoms with Crippen LogP contribution in [0.3, 0.4) is 0 Å². The van der Waals surface area contributed by atoms with Crippen LogP contribution in [-0.2, 0) is 11.2 Å². The minimum absolute atomic E-state index is 0.0403. The van der Waals surface area contributed by atoms with Crippen LogP contribution in [0.1, 0.15) is 44.0 Å². The van der Waals surface area contributed by atoms with Gasteiger partial charge >= 0.3 is 0 Å². The van der Waals surface area contributed by atoms with Crippen molar-refractivity contribution in [1.82, 2.24) is 15.5 Å². The number of amides is 1. The van der Waals surface area contributed by atoms with Crippen LogP contribution in [0.15, 0.2) is 6.20 Å². The van der Waals surface area contributed by atoms with Crippen molar-refractivity contribution in [2.24, 2.45) is 11.7 Å². The Labute approximate surface area is 101 Å². The fraction of sp³-hybridized carbons (Fsp3) is 0.667. The zero-order valence-corrected chi connectivity index (χ0v) is 10.4. The molecule has 1 aromatic rings. The zero-order valence-electron chi connectivity index (χ0n) is 10.4. The van der Waals surface area contributed by atoms with Crippen molar-refractivity contribution in [2.45, 2.75) is 45.2 Å². The summed E-state index contributed by atoms with van der Waals surface area (Å²) in [6.45, 7) is 3.90. The minimum Gasteiger partial charge on any atom is -0.346 e. The summed E-state index contributed by atoms with van der Waals surface area (Å²) in [5.41, 5.74) is 8.08. The molecule has 0 radical (unpaired) electrons. The third-order valence-electron chi connectivity index (χ3n) is 3.38. The lowest BCUT2D eigenvalue weighted by Crippen LogP contribution is -2.45. The van der Waals surface area contributed by atoms with E-state index < -0.39 is 6.04 Å². The standard InChI is InChI=1S/C12H20N4O/c1-7(2)10(13)12(17)15-9-5-3-4-8-6-14-16-11(8)9/h6-7,9-10H,3-5,13H2,1-2H3,(H,14,16)(H,15,17)/t9?,10-/m0/s1. The Bertz CT molecular complexity index is 399. The second-order valence-electron chi connectivity index (χ2n) is 5.03. The van der Waals surface area contributed by atoms with Crippen molar-refractivity contribution in [2.75, 3.05) is 0 Å². The zero-order chi connectivity index (χ0) is 12.4. The van der Waals surface area contributed by atoms with Gasteiger partial charge in [-0.15, -0.1) is 0 Å². The molecule has 1 amide bonds. The molecule has 5 nitrogen and oxygen atoms in total. The Kier molecular flexibility index (Phi) is 3.47. The molecule has 5 heteroatoms. The predicted octanol–water partition coefficient (Wildman–Crippen LogP) is 0.887. The van der Waals surface area contributed by atoms with E-state index in [0.717, 1.165) is 25.0 Å². The van der Waals surface area contributed by atoms with Gasteiger partial charge in [0.2, 0.25) is 5.91 Å². The summed E-state index contributed by atoms with van der Waals surface area (Å²) < 4.78 is 0. The van der Waals surface area contributed by atoms with Crippen LogP contribution in [0.2, 0.25) is 0 Å². The van der Waals surface area contributed by atoms with E-state index in [2.05, 4.69) is 15.5 Å². The molecule has 0 aliphatic heterocycles. The maximum Gasteiger partial charge on any atom is 0.237 e. The molecule has 0 fully saturated rings. The summed E-state index contributed by atoms with van der Waals surface area (Å²) in [5.74, 6) is 0.0762. The molecule has 0 saturated heterocycles. The number of fused-ring (bicyclic) bond motifs is 1. The quantitative estimate of drug-likeness (QED) is 0.728. The van der Waals surface area contributed by atoms with Gasteiger partial charge in [-0.3, -0.25) is 9.89 Å². The van der Waals surface area contributed by atoms with Gasteiger partial charge < -0.3 is 11.1 Å². The molecule has 4 N–H and O–H groups in total. The number of nitrogens with zero attached hydrogens (tertiary/aromatic N) is 1. The number of H-pyrrole nitrogens is 1. The number of rotatable bonds is 3. The Morgan fingerprint density at radius 3 is 3.12 bits per heavy atom. The Hall–Kier alpha value is -1.36. The number of aromatic amines is 1. The summed E-state index contributed by atoms with van der Waals surface area (Å²) in [6, 6.07) is -0.401. The highest BCUT2D eigenvalue weighted by Gasteiger charge is 2.26. The molecule has 0 aromatic carbocycles. The van der Waals surface area contributed by atoms with E-state index in [9.17, 15) is 4.79 Å². The second kappa shape index (κ2) is 4.87. The molecular formula is C12H20N4O. The Morgan fingerprint density at radius 2 is 2.41 bits per heavy atom. The maximum atomic E-state index is 11.9. The van der Waals surface area contributed by atoms with Crippen LogP contribution in [0, 0.1) is 5.92 Å². The number of carbonyl (C=O) groups excluding carboxylic acids is 1. The van der Waals surface area contributed by atoms with Gasteiger partial charge in [-0.2, -0.15) is 5.10 Å². The van der Waals surface area contributed by atoms with E-state index in [4.69, 9.17) is 5.73 Å². The summed E-state index contributed by atoms with van der Waals surface area (Å²) >= 11 is 0. The number of aromatic nitrogens is 2. The lowest BCUT2D eigenvalue weighted by Gasteiger charge is -2.25.